The van der Waals surface area contributed by atoms with Gasteiger partial charge in [-0.1, -0.05) is 67.8 Å². The molecule has 0 bridgehead atoms. The van der Waals surface area contributed by atoms with Crippen LogP contribution in [-0.4, -0.2) is 163 Å². The summed E-state index contributed by atoms with van der Waals surface area (Å²) in [6.07, 6.45) is 8.95. The van der Waals surface area contributed by atoms with Gasteiger partial charge in [-0.05, 0) is 141 Å². The van der Waals surface area contributed by atoms with Gasteiger partial charge in [0.05, 0.1) is 36.3 Å². The zero-order valence-electron chi connectivity index (χ0n) is 50.7. The standard InChI is InChI=1S/2C23H25F4N3O.C23H27F2N3O/c24-15-4-6-17(19(26)13-15)22(18-7-5-16(25)14-20(18)27)29-9-11-30(12-10-29)23(31)21-3-1-2-8-28-21;24-17-6-4-15(13-19(17)26)22(16-5-7-18(25)20(27)14-16)29-9-11-30(12-10-29)23(31)21-3-1-2-8-28-21;24-19-8-4-17(5-9-19)22(18-6-10-20(25)11-7-18)27-13-15-28(16-14-27)23(29)21-3-1-2-12-26-21/h2*4-7,13-14,21-22,28H,1-3,8-12H2;4-11,21-22,26H,1-3,12-16H2. The van der Waals surface area contributed by atoms with E-state index in [1.165, 1.54) is 48.5 Å². The highest BCUT2D eigenvalue weighted by molar-refractivity contribution is 5.83. The molecule has 6 aromatic rings. The Balaban J connectivity index is 0.000000150. The van der Waals surface area contributed by atoms with E-state index in [9.17, 15) is 58.3 Å². The second-order valence-corrected chi connectivity index (χ2v) is 24.1. The summed E-state index contributed by atoms with van der Waals surface area (Å²) in [4.78, 5) is 50.1. The van der Waals surface area contributed by atoms with Crippen molar-refractivity contribution in [2.75, 3.05) is 98.2 Å². The van der Waals surface area contributed by atoms with Crippen LogP contribution in [0.2, 0.25) is 0 Å². The number of piperidine rings is 3. The molecule has 6 heterocycles. The molecule has 91 heavy (non-hydrogen) atoms. The van der Waals surface area contributed by atoms with E-state index in [2.05, 4.69) is 20.9 Å². The Labute approximate surface area is 524 Å². The summed E-state index contributed by atoms with van der Waals surface area (Å²) in [5.74, 6) is -7.19. The van der Waals surface area contributed by atoms with Gasteiger partial charge in [-0.3, -0.25) is 29.1 Å². The number of hydrogen-bond donors (Lipinski definition) is 3. The maximum atomic E-state index is 14.7. The number of rotatable bonds is 12. The Morgan fingerprint density at radius 2 is 0.604 bits per heavy atom. The average molecular weight is 1270 g/mol. The molecule has 6 aliphatic rings. The minimum atomic E-state index is -0.998. The van der Waals surface area contributed by atoms with Crippen molar-refractivity contribution in [2.24, 2.45) is 0 Å². The molecule has 22 heteroatoms. The fourth-order valence-electron chi connectivity index (χ4n) is 13.3. The Morgan fingerprint density at radius 3 is 0.901 bits per heavy atom. The highest BCUT2D eigenvalue weighted by Gasteiger charge is 2.37. The van der Waals surface area contributed by atoms with Crippen LogP contribution in [0.3, 0.4) is 0 Å². The molecule has 0 spiro atoms. The van der Waals surface area contributed by atoms with Crippen LogP contribution in [0.5, 0.6) is 0 Å². The quantitative estimate of drug-likeness (QED) is 0.103. The molecule has 6 fully saturated rings. The summed E-state index contributed by atoms with van der Waals surface area (Å²) >= 11 is 0. The lowest BCUT2D eigenvalue weighted by atomic mass is 9.95. The van der Waals surface area contributed by atoms with Gasteiger partial charge in [0.15, 0.2) is 23.3 Å². The number of halogens is 10. The predicted octanol–water partition coefficient (Wildman–Crippen LogP) is 10.6. The van der Waals surface area contributed by atoms with Crippen LogP contribution in [0.25, 0.3) is 0 Å². The van der Waals surface area contributed by atoms with Crippen LogP contribution in [-0.2, 0) is 14.4 Å². The van der Waals surface area contributed by atoms with Gasteiger partial charge in [0.25, 0.3) is 0 Å². The van der Waals surface area contributed by atoms with Gasteiger partial charge in [-0.25, -0.2) is 43.9 Å². The zero-order valence-corrected chi connectivity index (χ0v) is 50.7. The van der Waals surface area contributed by atoms with Crippen LogP contribution >= 0.6 is 0 Å². The SMILES string of the molecule is O=C(C1CCCCN1)N1CCN(C(c2ccc(F)c(F)c2)c2ccc(F)c(F)c2)CC1.O=C(C1CCCCN1)N1CCN(C(c2ccc(F)cc2)c2ccc(F)cc2)CC1.O=C(C1CCCCN1)N1CCN(C(c2ccc(F)cc2F)c2ccc(F)cc2F)CC1. The zero-order chi connectivity index (χ0) is 64.1. The minimum Gasteiger partial charge on any atom is -0.339 e. The van der Waals surface area contributed by atoms with E-state index in [1.807, 2.05) is 19.6 Å². The molecule has 0 aromatic heterocycles. The molecule has 12 rings (SSSR count). The average Bonchev–Trinajstić information content (AvgIpc) is 0.992. The van der Waals surface area contributed by atoms with Crippen molar-refractivity contribution in [2.45, 2.75) is 94.0 Å². The smallest absolute Gasteiger partial charge is 0.239 e. The largest absolute Gasteiger partial charge is 0.339 e. The van der Waals surface area contributed by atoms with Gasteiger partial charge in [-0.2, -0.15) is 0 Å². The molecule has 3 unspecified atom stereocenters. The summed E-state index contributed by atoms with van der Waals surface area (Å²) in [5.41, 5.74) is 3.04. The van der Waals surface area contributed by atoms with Gasteiger partial charge in [0, 0.05) is 102 Å². The van der Waals surface area contributed by atoms with Crippen LogP contribution in [0.15, 0.2) is 121 Å². The van der Waals surface area contributed by atoms with Crippen LogP contribution in [0.4, 0.5) is 43.9 Å². The maximum absolute atomic E-state index is 14.7. The minimum absolute atomic E-state index is 0.0526. The molecule has 486 valence electrons. The fourth-order valence-corrected chi connectivity index (χ4v) is 13.3. The Morgan fingerprint density at radius 1 is 0.308 bits per heavy atom. The summed E-state index contributed by atoms with van der Waals surface area (Å²) in [7, 11) is 0. The number of carbonyl (C=O) groups is 3. The van der Waals surface area contributed by atoms with E-state index in [0.29, 0.717) is 76.6 Å². The molecule has 12 nitrogen and oxygen atoms in total. The van der Waals surface area contributed by atoms with Gasteiger partial charge in [-0.15, -0.1) is 0 Å². The molecule has 0 saturated carbocycles. The van der Waals surface area contributed by atoms with Crippen molar-refractivity contribution in [3.8, 4) is 0 Å². The number of carbonyl (C=O) groups excluding carboxylic acids is 3. The van der Waals surface area contributed by atoms with E-state index < -0.39 is 58.6 Å². The van der Waals surface area contributed by atoms with Gasteiger partial charge >= 0.3 is 0 Å². The molecule has 3 amide bonds. The van der Waals surface area contributed by atoms with E-state index >= 15 is 0 Å². The maximum Gasteiger partial charge on any atom is 0.239 e. The monoisotopic (exact) mass is 1270 g/mol. The molecule has 0 radical (unpaired) electrons. The lowest BCUT2D eigenvalue weighted by molar-refractivity contribution is -0.136. The summed E-state index contributed by atoms with van der Waals surface area (Å²) in [6.45, 7) is 8.84. The topological polar surface area (TPSA) is 107 Å². The van der Waals surface area contributed by atoms with Gasteiger partial charge in [0.1, 0.15) is 34.9 Å². The fraction of sp³-hybridized carbons (Fsp3) is 0.435. The third kappa shape index (κ3) is 16.9. The molecular formula is C69H77F10N9O3. The normalized spacial score (nSPS) is 20.5. The number of piperazine rings is 3. The number of hydrogen-bond acceptors (Lipinski definition) is 9. The summed E-state index contributed by atoms with van der Waals surface area (Å²) in [5, 5.41) is 9.85. The second kappa shape index (κ2) is 31.4. The lowest BCUT2D eigenvalue weighted by Crippen LogP contribution is -2.55. The van der Waals surface area contributed by atoms with Crippen molar-refractivity contribution >= 4 is 17.7 Å². The second-order valence-electron chi connectivity index (χ2n) is 24.1. The van der Waals surface area contributed by atoms with E-state index in [4.69, 9.17) is 0 Å². The number of nitrogens with one attached hydrogen (secondary N) is 3. The Hall–Kier alpha value is -7.21. The molecule has 0 aliphatic carbocycles. The molecule has 3 atom stereocenters. The number of nitrogens with zero attached hydrogens (tertiary/aromatic N) is 6. The van der Waals surface area contributed by atoms with E-state index in [1.54, 1.807) is 29.2 Å². The lowest BCUT2D eigenvalue weighted by Gasteiger charge is -2.41. The van der Waals surface area contributed by atoms with Gasteiger partial charge < -0.3 is 30.7 Å². The summed E-state index contributed by atoms with van der Waals surface area (Å²) < 4.78 is 138. The summed E-state index contributed by atoms with van der Waals surface area (Å²) in [6, 6.07) is 24.6. The molecule has 6 aromatic carbocycles. The van der Waals surface area contributed by atoms with E-state index in [-0.39, 0.29) is 64.7 Å². The van der Waals surface area contributed by atoms with Crippen LogP contribution in [0, 0.1) is 58.2 Å². The molecule has 6 aliphatic heterocycles. The highest BCUT2D eigenvalue weighted by atomic mass is 19.2. The van der Waals surface area contributed by atoms with Crippen molar-refractivity contribution in [3.63, 3.8) is 0 Å². The van der Waals surface area contributed by atoms with Crippen molar-refractivity contribution < 1.29 is 58.3 Å². The van der Waals surface area contributed by atoms with Crippen molar-refractivity contribution in [1.82, 2.24) is 45.3 Å². The first-order valence-electron chi connectivity index (χ1n) is 31.6. The molecule has 6 saturated heterocycles. The van der Waals surface area contributed by atoms with Gasteiger partial charge in [0.2, 0.25) is 17.7 Å². The number of amides is 3. The molecule has 3 N–H and O–H groups in total. The Bertz CT molecular complexity index is 3250. The van der Waals surface area contributed by atoms with Crippen LogP contribution in [0.1, 0.15) is 109 Å². The first-order valence-corrected chi connectivity index (χ1v) is 31.6. The first-order chi connectivity index (χ1) is 44.0. The highest BCUT2D eigenvalue weighted by Crippen LogP contribution is 2.36. The van der Waals surface area contributed by atoms with Crippen molar-refractivity contribution in [3.05, 3.63) is 213 Å². The van der Waals surface area contributed by atoms with E-state index in [0.717, 1.165) is 150 Å². The Kier molecular flexibility index (Phi) is 23.0. The van der Waals surface area contributed by atoms with Crippen LogP contribution < -0.4 is 16.0 Å². The predicted molar refractivity (Wildman–Crippen MR) is 325 cm³/mol. The first kappa shape index (κ1) is 66.7. The molecular weight excluding hydrogens is 1190 g/mol. The number of benzene rings is 6. The third-order valence-corrected chi connectivity index (χ3v) is 18.2. The van der Waals surface area contributed by atoms with Crippen molar-refractivity contribution in [1.29, 1.82) is 0 Å². The third-order valence-electron chi connectivity index (χ3n) is 18.2.